The Morgan fingerprint density at radius 3 is 2.56 bits per heavy atom. The third kappa shape index (κ3) is 5.05. The van der Waals surface area contributed by atoms with Gasteiger partial charge in [0.05, 0.1) is 30.8 Å². The number of carbonyl (C=O) groups is 3. The zero-order valence-electron chi connectivity index (χ0n) is 23.4. The first-order valence-electron chi connectivity index (χ1n) is 14.0. The molecule has 3 saturated heterocycles. The van der Waals surface area contributed by atoms with Gasteiger partial charge in [-0.2, -0.15) is 0 Å². The van der Waals surface area contributed by atoms with Gasteiger partial charge in [-0.3, -0.25) is 14.4 Å². The number of unbranched alkanes of at least 4 members (excludes halogenated alkanes) is 1. The van der Waals surface area contributed by atoms with Crippen molar-refractivity contribution in [1.82, 2.24) is 9.80 Å². The lowest BCUT2D eigenvalue weighted by Gasteiger charge is -2.40. The zero-order valence-corrected chi connectivity index (χ0v) is 23.4. The van der Waals surface area contributed by atoms with Crippen LogP contribution in [-0.2, 0) is 30.4 Å². The molecule has 1 aromatic carbocycles. The first-order valence-corrected chi connectivity index (χ1v) is 14.0. The van der Waals surface area contributed by atoms with Crippen LogP contribution in [0.5, 0.6) is 0 Å². The Hall–Kier alpha value is -2.97. The summed E-state index contributed by atoms with van der Waals surface area (Å²) in [4.78, 5) is 45.4. The lowest BCUT2D eigenvalue weighted by atomic mass is 9.66. The minimum atomic E-state index is -1.17. The van der Waals surface area contributed by atoms with E-state index in [4.69, 9.17) is 9.47 Å². The molecular weight excluding hydrogens is 496 g/mol. The Bertz CT molecular complexity index is 1090. The number of likely N-dealkylation sites (tertiary alicyclic amines) is 1. The third-order valence-corrected chi connectivity index (χ3v) is 8.69. The first-order chi connectivity index (χ1) is 18.6. The van der Waals surface area contributed by atoms with Crippen LogP contribution in [-0.4, -0.2) is 75.7 Å². The third-order valence-electron chi connectivity index (χ3n) is 8.69. The summed E-state index contributed by atoms with van der Waals surface area (Å²) in [5.41, 5.74) is -1.13. The highest BCUT2D eigenvalue weighted by atomic mass is 16.6. The van der Waals surface area contributed by atoms with Crippen LogP contribution in [0.4, 0.5) is 0 Å². The van der Waals surface area contributed by atoms with Crippen LogP contribution in [0.25, 0.3) is 0 Å². The standard InChI is InChI=1S/C31H42N2O6/c1-6-8-12-18-38-29(37)25-24-27(35)33(23(20-34)21(3)4)26(31(24)16-15-30(25,5)39-31)28(36)32(17-7-2)19-22-13-10-9-11-14-22/h6-7,9-11,13-14,21,23-26,34H,1-2,8,12,15-20H2,3-5H3/t23-,24-,25+,26?,30-,31?/m0/s1. The van der Waals surface area contributed by atoms with E-state index in [0.29, 0.717) is 25.8 Å². The van der Waals surface area contributed by atoms with Gasteiger partial charge in [-0.15, -0.1) is 13.2 Å². The van der Waals surface area contributed by atoms with Gasteiger partial charge in [0.2, 0.25) is 11.8 Å². The minimum absolute atomic E-state index is 0.122. The normalized spacial score (nSPS) is 29.8. The predicted molar refractivity (Wildman–Crippen MR) is 147 cm³/mol. The number of esters is 1. The van der Waals surface area contributed by atoms with E-state index in [0.717, 1.165) is 12.0 Å². The molecule has 0 aromatic heterocycles. The van der Waals surface area contributed by atoms with Crippen molar-refractivity contribution >= 4 is 17.8 Å². The van der Waals surface area contributed by atoms with Crippen molar-refractivity contribution in [2.45, 2.75) is 76.3 Å². The lowest BCUT2D eigenvalue weighted by molar-refractivity contribution is -0.162. The van der Waals surface area contributed by atoms with E-state index in [2.05, 4.69) is 13.2 Å². The van der Waals surface area contributed by atoms with Gasteiger partial charge in [0.15, 0.2) is 0 Å². The lowest BCUT2D eigenvalue weighted by Crippen LogP contribution is -2.59. The average Bonchev–Trinajstić information content (AvgIpc) is 3.48. The number of hydrogen-bond acceptors (Lipinski definition) is 6. The number of nitrogens with zero attached hydrogens (tertiary/aromatic N) is 2. The second-order valence-corrected chi connectivity index (χ2v) is 11.6. The summed E-state index contributed by atoms with van der Waals surface area (Å²) < 4.78 is 12.3. The molecule has 8 heteroatoms. The Morgan fingerprint density at radius 2 is 1.95 bits per heavy atom. The van der Waals surface area contributed by atoms with E-state index < -0.39 is 41.1 Å². The fourth-order valence-corrected chi connectivity index (χ4v) is 6.83. The molecule has 3 heterocycles. The van der Waals surface area contributed by atoms with Crippen LogP contribution >= 0.6 is 0 Å². The topological polar surface area (TPSA) is 96.4 Å². The quantitative estimate of drug-likeness (QED) is 0.235. The van der Waals surface area contributed by atoms with Crippen molar-refractivity contribution in [2.75, 3.05) is 19.8 Å². The van der Waals surface area contributed by atoms with E-state index in [1.807, 2.05) is 51.1 Å². The zero-order chi connectivity index (χ0) is 28.4. The van der Waals surface area contributed by atoms with Gasteiger partial charge in [-0.1, -0.05) is 56.3 Å². The van der Waals surface area contributed by atoms with E-state index in [9.17, 15) is 19.5 Å². The summed E-state index contributed by atoms with van der Waals surface area (Å²) in [5.74, 6) is -2.85. The number of carbonyl (C=O) groups excluding carboxylic acids is 3. The highest BCUT2D eigenvalue weighted by molar-refractivity contribution is 5.98. The summed E-state index contributed by atoms with van der Waals surface area (Å²) in [6, 6.07) is 8.07. The number of ether oxygens (including phenoxy) is 2. The van der Waals surface area contributed by atoms with E-state index >= 15 is 0 Å². The maximum Gasteiger partial charge on any atom is 0.312 e. The van der Waals surface area contributed by atoms with Gasteiger partial charge in [0, 0.05) is 13.1 Å². The molecule has 0 radical (unpaired) electrons. The Labute approximate surface area is 231 Å². The second-order valence-electron chi connectivity index (χ2n) is 11.6. The van der Waals surface area contributed by atoms with Crippen LogP contribution in [0.15, 0.2) is 55.6 Å². The van der Waals surface area contributed by atoms with E-state index in [1.54, 1.807) is 17.1 Å². The molecule has 3 aliphatic rings. The molecular formula is C31H42N2O6. The highest BCUT2D eigenvalue weighted by Gasteiger charge is 2.79. The van der Waals surface area contributed by atoms with Crippen LogP contribution in [0.1, 0.15) is 52.0 Å². The molecule has 212 valence electrons. The molecule has 8 nitrogen and oxygen atoms in total. The van der Waals surface area contributed by atoms with Crippen molar-refractivity contribution < 1.29 is 29.0 Å². The second kappa shape index (κ2) is 11.6. The Balaban J connectivity index is 1.74. The number of aliphatic hydroxyl groups excluding tert-OH is 1. The highest BCUT2D eigenvalue weighted by Crippen LogP contribution is 2.64. The summed E-state index contributed by atoms with van der Waals surface area (Å²) in [6.45, 7) is 13.8. The number of hydrogen-bond donors (Lipinski definition) is 1. The largest absolute Gasteiger partial charge is 0.465 e. The maximum atomic E-state index is 14.5. The van der Waals surface area contributed by atoms with Gasteiger partial charge in [-0.05, 0) is 44.1 Å². The summed E-state index contributed by atoms with van der Waals surface area (Å²) in [7, 11) is 0. The molecule has 2 unspecified atom stereocenters. The smallest absolute Gasteiger partial charge is 0.312 e. The number of amides is 2. The molecule has 1 spiro atoms. The monoisotopic (exact) mass is 538 g/mol. The fraction of sp³-hybridized carbons (Fsp3) is 0.581. The van der Waals surface area contributed by atoms with Crippen LogP contribution in [0.2, 0.25) is 0 Å². The van der Waals surface area contributed by atoms with Crippen molar-refractivity contribution in [1.29, 1.82) is 0 Å². The number of benzene rings is 1. The molecule has 0 aliphatic carbocycles. The van der Waals surface area contributed by atoms with Gasteiger partial charge in [0.1, 0.15) is 17.6 Å². The van der Waals surface area contributed by atoms with Gasteiger partial charge in [-0.25, -0.2) is 0 Å². The molecule has 6 atom stereocenters. The Morgan fingerprint density at radius 1 is 1.23 bits per heavy atom. The number of aliphatic hydroxyl groups is 1. The minimum Gasteiger partial charge on any atom is -0.465 e. The van der Waals surface area contributed by atoms with Crippen molar-refractivity contribution in [3.8, 4) is 0 Å². The Kier molecular flexibility index (Phi) is 8.66. The van der Waals surface area contributed by atoms with E-state index in [1.165, 1.54) is 4.90 Å². The summed E-state index contributed by atoms with van der Waals surface area (Å²) >= 11 is 0. The molecule has 2 amide bonds. The van der Waals surface area contributed by atoms with Crippen LogP contribution in [0.3, 0.4) is 0 Å². The van der Waals surface area contributed by atoms with E-state index in [-0.39, 0.29) is 37.5 Å². The fourth-order valence-electron chi connectivity index (χ4n) is 6.83. The molecule has 3 fully saturated rings. The van der Waals surface area contributed by atoms with Crippen molar-refractivity contribution in [2.24, 2.45) is 17.8 Å². The first kappa shape index (κ1) is 29.0. The molecule has 1 N–H and O–H groups in total. The van der Waals surface area contributed by atoms with Gasteiger partial charge >= 0.3 is 5.97 Å². The molecule has 0 saturated carbocycles. The molecule has 1 aromatic rings. The van der Waals surface area contributed by atoms with Crippen LogP contribution in [0, 0.1) is 17.8 Å². The summed E-state index contributed by atoms with van der Waals surface area (Å²) in [5, 5.41) is 10.4. The van der Waals surface area contributed by atoms with Crippen molar-refractivity contribution in [3.05, 3.63) is 61.2 Å². The summed E-state index contributed by atoms with van der Waals surface area (Å²) in [6.07, 6.45) is 5.80. The van der Waals surface area contributed by atoms with Crippen molar-refractivity contribution in [3.63, 3.8) is 0 Å². The number of allylic oxidation sites excluding steroid dienone is 1. The number of fused-ring (bicyclic) bond motifs is 1. The maximum absolute atomic E-state index is 14.5. The predicted octanol–water partition coefficient (Wildman–Crippen LogP) is 3.49. The molecule has 39 heavy (non-hydrogen) atoms. The molecule has 4 rings (SSSR count). The SMILES string of the molecule is C=CCCCOC(=O)[C@H]1[C@H]2C(=O)N([C@@H](CO)C(C)C)C(C(=O)N(CC=C)Cc3ccccc3)C23CC[C@]1(C)O3. The number of rotatable bonds is 13. The molecule has 2 bridgehead atoms. The average molecular weight is 539 g/mol. The van der Waals surface area contributed by atoms with Crippen LogP contribution < -0.4 is 0 Å². The van der Waals surface area contributed by atoms with Gasteiger partial charge < -0.3 is 24.4 Å². The molecule has 3 aliphatic heterocycles. The van der Waals surface area contributed by atoms with Gasteiger partial charge in [0.25, 0.3) is 0 Å².